The van der Waals surface area contributed by atoms with Crippen LogP contribution in [0.2, 0.25) is 0 Å². The Balaban J connectivity index is 1.61. The summed E-state index contributed by atoms with van der Waals surface area (Å²) in [6.07, 6.45) is 0.502. The molecule has 0 bridgehead atoms. The van der Waals surface area contributed by atoms with E-state index in [4.69, 9.17) is 0 Å². The predicted molar refractivity (Wildman–Crippen MR) is 93.5 cm³/mol. The number of urea groups is 1. The summed E-state index contributed by atoms with van der Waals surface area (Å²) in [5, 5.41) is 5.37. The molecule has 124 valence electrons. The molecule has 1 saturated heterocycles. The molecule has 5 nitrogen and oxygen atoms in total. The van der Waals surface area contributed by atoms with E-state index in [1.54, 1.807) is 35.2 Å². The molecule has 0 aromatic heterocycles. The molecule has 1 heterocycles. The Bertz CT molecular complexity index is 767. The number of hydrogen-bond acceptors (Lipinski definition) is 2. The second-order valence-electron chi connectivity index (χ2n) is 5.42. The lowest BCUT2D eigenvalue weighted by Crippen LogP contribution is -2.43. The number of carbonyl (C=O) groups excluding carboxylic acids is 2. The van der Waals surface area contributed by atoms with E-state index in [2.05, 4.69) is 26.6 Å². The summed E-state index contributed by atoms with van der Waals surface area (Å²) in [6.45, 7) is 0.478. The van der Waals surface area contributed by atoms with Crippen molar-refractivity contribution in [2.24, 2.45) is 0 Å². The lowest BCUT2D eigenvalue weighted by atomic mass is 10.2. The molecule has 2 N–H and O–H groups in total. The van der Waals surface area contributed by atoms with E-state index in [0.717, 1.165) is 4.47 Å². The minimum atomic E-state index is -0.595. The largest absolute Gasteiger partial charge is 0.326 e. The Hall–Kier alpha value is -2.41. The van der Waals surface area contributed by atoms with Crippen molar-refractivity contribution < 1.29 is 14.0 Å². The second kappa shape index (κ2) is 7.00. The summed E-state index contributed by atoms with van der Waals surface area (Å²) in [5.41, 5.74) is 1.25. The maximum atomic E-state index is 13.0. The van der Waals surface area contributed by atoms with Crippen LogP contribution >= 0.6 is 15.9 Å². The first-order valence-electron chi connectivity index (χ1n) is 7.43. The van der Waals surface area contributed by atoms with Crippen molar-refractivity contribution in [2.75, 3.05) is 16.8 Å². The fourth-order valence-electron chi connectivity index (χ4n) is 2.58. The summed E-state index contributed by atoms with van der Waals surface area (Å²) in [4.78, 5) is 26.0. The monoisotopic (exact) mass is 391 g/mol. The molecule has 0 radical (unpaired) electrons. The second-order valence-corrected chi connectivity index (χ2v) is 6.33. The summed E-state index contributed by atoms with van der Waals surface area (Å²) in [7, 11) is 0. The third-order valence-corrected chi connectivity index (χ3v) is 4.22. The molecule has 24 heavy (non-hydrogen) atoms. The summed E-state index contributed by atoms with van der Waals surface area (Å²) in [5.74, 6) is -0.556. The molecule has 0 saturated carbocycles. The Morgan fingerprint density at radius 2 is 1.96 bits per heavy atom. The summed E-state index contributed by atoms with van der Waals surface area (Å²) < 4.78 is 13.8. The van der Waals surface area contributed by atoms with Crippen LogP contribution in [-0.2, 0) is 4.79 Å². The topological polar surface area (TPSA) is 61.4 Å². The first-order valence-corrected chi connectivity index (χ1v) is 8.22. The fraction of sp³-hybridized carbons (Fsp3) is 0.176. The van der Waals surface area contributed by atoms with Gasteiger partial charge < -0.3 is 15.5 Å². The van der Waals surface area contributed by atoms with Crippen LogP contribution in [0.4, 0.5) is 20.6 Å². The highest BCUT2D eigenvalue weighted by Gasteiger charge is 2.33. The number of carbonyl (C=O) groups is 2. The molecule has 3 rings (SSSR count). The molecule has 2 aromatic rings. The quantitative estimate of drug-likeness (QED) is 0.840. The van der Waals surface area contributed by atoms with Gasteiger partial charge in [-0.05, 0) is 48.9 Å². The molecule has 1 fully saturated rings. The number of amides is 3. The highest BCUT2D eigenvalue weighted by Crippen LogP contribution is 2.22. The number of benzene rings is 2. The average molecular weight is 392 g/mol. The molecule has 1 atom stereocenters. The normalized spacial score (nSPS) is 17.0. The maximum absolute atomic E-state index is 13.0. The third kappa shape index (κ3) is 3.73. The van der Waals surface area contributed by atoms with Gasteiger partial charge in [0, 0.05) is 22.4 Å². The Kier molecular flexibility index (Phi) is 4.80. The molecular formula is C17H15BrFN3O2. The fourth-order valence-corrected chi connectivity index (χ4v) is 2.98. The van der Waals surface area contributed by atoms with Gasteiger partial charge in [-0.3, -0.25) is 4.79 Å². The van der Waals surface area contributed by atoms with Crippen LogP contribution in [-0.4, -0.2) is 24.5 Å². The van der Waals surface area contributed by atoms with Gasteiger partial charge in [0.15, 0.2) is 0 Å². The van der Waals surface area contributed by atoms with Crippen LogP contribution < -0.4 is 15.5 Å². The van der Waals surface area contributed by atoms with Crippen LogP contribution in [0.1, 0.15) is 6.42 Å². The standard InChI is InChI=1S/C17H15BrFN3O2/c18-11-2-1-3-13(10-11)20-17(24)21-15-8-9-22(16(15)23)14-6-4-12(19)5-7-14/h1-7,10,15H,8-9H2,(H2,20,21,24). The first-order chi connectivity index (χ1) is 11.5. The van der Waals surface area contributed by atoms with E-state index < -0.39 is 12.1 Å². The van der Waals surface area contributed by atoms with E-state index in [9.17, 15) is 14.0 Å². The molecule has 1 unspecified atom stereocenters. The van der Waals surface area contributed by atoms with E-state index >= 15 is 0 Å². The molecule has 1 aliphatic rings. The Morgan fingerprint density at radius 3 is 2.67 bits per heavy atom. The maximum Gasteiger partial charge on any atom is 0.319 e. The van der Waals surface area contributed by atoms with Crippen LogP contribution in [0.3, 0.4) is 0 Å². The number of nitrogens with one attached hydrogen (secondary N) is 2. The molecule has 2 aromatic carbocycles. The lowest BCUT2D eigenvalue weighted by molar-refractivity contribution is -0.118. The van der Waals surface area contributed by atoms with Crippen molar-refractivity contribution >= 4 is 39.2 Å². The number of halogens is 2. The van der Waals surface area contributed by atoms with Gasteiger partial charge in [-0.2, -0.15) is 0 Å². The van der Waals surface area contributed by atoms with Gasteiger partial charge in [0.25, 0.3) is 0 Å². The van der Waals surface area contributed by atoms with Gasteiger partial charge in [0.2, 0.25) is 5.91 Å². The van der Waals surface area contributed by atoms with Crippen LogP contribution in [0, 0.1) is 5.82 Å². The summed E-state index contributed by atoms with van der Waals surface area (Å²) >= 11 is 3.33. The zero-order chi connectivity index (χ0) is 17.1. The number of hydrogen-bond donors (Lipinski definition) is 2. The first kappa shape index (κ1) is 16.4. The van der Waals surface area contributed by atoms with Gasteiger partial charge in [-0.25, -0.2) is 9.18 Å². The van der Waals surface area contributed by atoms with E-state index in [0.29, 0.717) is 24.3 Å². The Morgan fingerprint density at radius 1 is 1.21 bits per heavy atom. The van der Waals surface area contributed by atoms with Gasteiger partial charge in [0.05, 0.1) is 0 Å². The molecule has 1 aliphatic heterocycles. The van der Waals surface area contributed by atoms with Gasteiger partial charge in [-0.15, -0.1) is 0 Å². The number of nitrogens with zero attached hydrogens (tertiary/aromatic N) is 1. The summed E-state index contributed by atoms with van der Waals surface area (Å²) in [6, 6.07) is 11.9. The highest BCUT2D eigenvalue weighted by atomic mass is 79.9. The SMILES string of the molecule is O=C(Nc1cccc(Br)c1)NC1CCN(c2ccc(F)cc2)C1=O. The lowest BCUT2D eigenvalue weighted by Gasteiger charge is -2.17. The predicted octanol–water partition coefficient (Wildman–Crippen LogP) is 3.52. The van der Waals surface area contributed by atoms with Crippen LogP contribution in [0.25, 0.3) is 0 Å². The van der Waals surface area contributed by atoms with Crippen LogP contribution in [0.5, 0.6) is 0 Å². The zero-order valence-electron chi connectivity index (χ0n) is 12.6. The third-order valence-electron chi connectivity index (χ3n) is 3.73. The van der Waals surface area contributed by atoms with Gasteiger partial charge in [0.1, 0.15) is 11.9 Å². The van der Waals surface area contributed by atoms with E-state index in [1.165, 1.54) is 12.1 Å². The van der Waals surface area contributed by atoms with Crippen molar-refractivity contribution in [2.45, 2.75) is 12.5 Å². The molecule has 3 amide bonds. The number of anilines is 2. The van der Waals surface area contributed by atoms with Crippen molar-refractivity contribution in [1.82, 2.24) is 5.32 Å². The molecule has 7 heteroatoms. The minimum absolute atomic E-state index is 0.203. The van der Waals surface area contributed by atoms with Crippen molar-refractivity contribution in [3.63, 3.8) is 0 Å². The highest BCUT2D eigenvalue weighted by molar-refractivity contribution is 9.10. The number of rotatable bonds is 3. The van der Waals surface area contributed by atoms with Crippen molar-refractivity contribution in [3.05, 3.63) is 58.8 Å². The van der Waals surface area contributed by atoms with Gasteiger partial charge >= 0.3 is 6.03 Å². The van der Waals surface area contributed by atoms with Crippen LogP contribution in [0.15, 0.2) is 53.0 Å². The van der Waals surface area contributed by atoms with Crippen molar-refractivity contribution in [3.8, 4) is 0 Å². The molecule has 0 spiro atoms. The molecular weight excluding hydrogens is 377 g/mol. The van der Waals surface area contributed by atoms with Gasteiger partial charge in [-0.1, -0.05) is 22.0 Å². The smallest absolute Gasteiger partial charge is 0.319 e. The average Bonchev–Trinajstić information content (AvgIpc) is 2.89. The van der Waals surface area contributed by atoms with Crippen molar-refractivity contribution in [1.29, 1.82) is 0 Å². The van der Waals surface area contributed by atoms with E-state index in [1.807, 2.05) is 6.07 Å². The van der Waals surface area contributed by atoms with E-state index in [-0.39, 0.29) is 11.7 Å². The minimum Gasteiger partial charge on any atom is -0.326 e. The zero-order valence-corrected chi connectivity index (χ0v) is 14.2. The molecule has 0 aliphatic carbocycles. The Labute approximate surface area is 147 Å².